The lowest BCUT2D eigenvalue weighted by molar-refractivity contribution is -0.136. The third-order valence-electron chi connectivity index (χ3n) is 8.51. The van der Waals surface area contributed by atoms with Crippen molar-refractivity contribution in [2.75, 3.05) is 32.1 Å². The Bertz CT molecular complexity index is 1440. The molecule has 37 heavy (non-hydrogen) atoms. The summed E-state index contributed by atoms with van der Waals surface area (Å²) in [6, 6.07) is 7.60. The molecule has 0 atom stereocenters. The predicted octanol–water partition coefficient (Wildman–Crippen LogP) is 5.84. The number of methoxy groups -OCH3 is 1. The van der Waals surface area contributed by atoms with E-state index in [1.165, 1.54) is 29.9 Å². The Labute approximate surface area is 216 Å². The van der Waals surface area contributed by atoms with Gasteiger partial charge in [0.15, 0.2) is 0 Å². The first kappa shape index (κ1) is 23.9. The highest BCUT2D eigenvalue weighted by Crippen LogP contribution is 2.43. The average Bonchev–Trinajstić information content (AvgIpc) is 3.24. The Balaban J connectivity index is 1.26. The van der Waals surface area contributed by atoms with Crippen LogP contribution < -0.4 is 4.90 Å². The maximum Gasteiger partial charge on any atom is 0.333 e. The molecule has 3 aliphatic rings. The molecule has 1 aromatic carbocycles. The quantitative estimate of drug-likeness (QED) is 0.362. The van der Waals surface area contributed by atoms with Gasteiger partial charge < -0.3 is 14.6 Å². The van der Waals surface area contributed by atoms with E-state index in [0.29, 0.717) is 6.04 Å². The number of aromatic nitrogens is 2. The van der Waals surface area contributed by atoms with Gasteiger partial charge in [0.1, 0.15) is 11.5 Å². The highest BCUT2D eigenvalue weighted by molar-refractivity contribution is 6.02. The second-order valence-electron chi connectivity index (χ2n) is 10.5. The van der Waals surface area contributed by atoms with E-state index in [2.05, 4.69) is 32.9 Å². The number of benzene rings is 1. The summed E-state index contributed by atoms with van der Waals surface area (Å²) in [7, 11) is 3.52. The number of carbonyl (C=O) groups excluding carboxylic acids is 1. The number of carbonyl (C=O) groups is 1. The fourth-order valence-corrected chi connectivity index (χ4v) is 6.45. The molecule has 0 amide bonds. The number of aromatic amines is 1. The molecule has 2 aliphatic heterocycles. The van der Waals surface area contributed by atoms with Crippen molar-refractivity contribution in [1.29, 1.82) is 0 Å². The number of H-pyrrole nitrogens is 1. The van der Waals surface area contributed by atoms with Gasteiger partial charge in [-0.2, -0.15) is 0 Å². The lowest BCUT2D eigenvalue weighted by Crippen LogP contribution is -2.40. The molecule has 0 bridgehead atoms. The van der Waals surface area contributed by atoms with E-state index >= 15 is 0 Å². The minimum Gasteiger partial charge on any atom is -0.466 e. The van der Waals surface area contributed by atoms with Crippen molar-refractivity contribution in [3.63, 3.8) is 0 Å². The normalized spacial score (nSPS) is 19.9. The number of pyridine rings is 1. The summed E-state index contributed by atoms with van der Waals surface area (Å²) in [5, 5.41) is 1.10. The van der Waals surface area contributed by atoms with Gasteiger partial charge in [-0.1, -0.05) is 11.6 Å². The van der Waals surface area contributed by atoms with Crippen LogP contribution in [0.2, 0.25) is 0 Å². The Morgan fingerprint density at radius 3 is 2.70 bits per heavy atom. The zero-order chi connectivity index (χ0) is 25.7. The lowest BCUT2D eigenvalue weighted by Gasteiger charge is -2.37. The van der Waals surface area contributed by atoms with Crippen molar-refractivity contribution in [2.24, 2.45) is 0 Å². The summed E-state index contributed by atoms with van der Waals surface area (Å²) in [5.41, 5.74) is 9.62. The molecule has 0 radical (unpaired) electrons. The zero-order valence-electron chi connectivity index (χ0n) is 21.7. The molecule has 4 heterocycles. The van der Waals surface area contributed by atoms with Crippen LogP contribution in [-0.2, 0) is 16.1 Å². The van der Waals surface area contributed by atoms with Crippen LogP contribution in [0.1, 0.15) is 50.3 Å². The van der Waals surface area contributed by atoms with Crippen LogP contribution >= 0.6 is 0 Å². The predicted molar refractivity (Wildman–Crippen MR) is 145 cm³/mol. The van der Waals surface area contributed by atoms with E-state index in [4.69, 9.17) is 4.74 Å². The zero-order valence-corrected chi connectivity index (χ0v) is 21.7. The molecule has 2 aromatic heterocycles. The molecule has 1 aliphatic carbocycles. The molecule has 0 unspecified atom stereocenters. The summed E-state index contributed by atoms with van der Waals surface area (Å²) in [6.07, 6.45) is 9.24. The van der Waals surface area contributed by atoms with Gasteiger partial charge >= 0.3 is 5.97 Å². The standard InChI is InChI=1S/C30H33FN4O2/c1-18(30(36)37-3)19-4-7-22(8-5-19)35-14-11-20(12-15-35)28-25-17-34(2)26-9-6-21(31)16-24(26)23-10-13-32-29(33-28)27(23)25/h6,9-11,13,16,22H,4-5,7-8,12,14-15,17H2,1-3H3,(H,32,33). The third kappa shape index (κ3) is 4.15. The number of allylic oxidation sites excluding steroid dienone is 1. The first-order chi connectivity index (χ1) is 17.9. The van der Waals surface area contributed by atoms with Crippen molar-refractivity contribution in [1.82, 2.24) is 14.9 Å². The molecule has 1 fully saturated rings. The number of esters is 1. The van der Waals surface area contributed by atoms with Gasteiger partial charge in [-0.05, 0) is 74.4 Å². The Morgan fingerprint density at radius 2 is 1.97 bits per heavy atom. The Kier molecular flexibility index (Phi) is 6.11. The van der Waals surface area contributed by atoms with E-state index in [1.54, 1.807) is 6.07 Å². The fraction of sp³-hybridized carbons (Fsp3) is 0.400. The van der Waals surface area contributed by atoms with Crippen molar-refractivity contribution in [3.05, 3.63) is 64.8 Å². The van der Waals surface area contributed by atoms with Crippen LogP contribution in [0, 0.1) is 5.82 Å². The van der Waals surface area contributed by atoms with Crippen LogP contribution in [0.5, 0.6) is 0 Å². The average molecular weight is 501 g/mol. The van der Waals surface area contributed by atoms with E-state index in [-0.39, 0.29) is 11.8 Å². The van der Waals surface area contributed by atoms with Gasteiger partial charge in [-0.25, -0.2) is 14.2 Å². The van der Waals surface area contributed by atoms with Crippen LogP contribution in [-0.4, -0.2) is 54.1 Å². The molecular weight excluding hydrogens is 467 g/mol. The smallest absolute Gasteiger partial charge is 0.333 e. The molecule has 6 nitrogen and oxygen atoms in total. The first-order valence-electron chi connectivity index (χ1n) is 13.2. The maximum absolute atomic E-state index is 14.2. The second kappa shape index (κ2) is 9.45. The van der Waals surface area contributed by atoms with Crippen LogP contribution in [0.4, 0.5) is 10.1 Å². The van der Waals surface area contributed by atoms with E-state index in [9.17, 15) is 9.18 Å². The van der Waals surface area contributed by atoms with Gasteiger partial charge in [-0.15, -0.1) is 0 Å². The minimum absolute atomic E-state index is 0.200. The van der Waals surface area contributed by atoms with E-state index in [1.807, 2.05) is 25.3 Å². The van der Waals surface area contributed by atoms with Gasteiger partial charge in [0.25, 0.3) is 0 Å². The number of halogens is 1. The number of nitrogens with zero attached hydrogens (tertiary/aromatic N) is 3. The molecule has 1 N–H and O–H groups in total. The maximum atomic E-state index is 14.2. The number of hydrogen-bond donors (Lipinski definition) is 1. The van der Waals surface area contributed by atoms with Crippen LogP contribution in [0.15, 0.2) is 47.7 Å². The highest BCUT2D eigenvalue weighted by Gasteiger charge is 2.29. The monoisotopic (exact) mass is 500 g/mol. The number of rotatable bonds is 3. The van der Waals surface area contributed by atoms with Gasteiger partial charge in [0, 0.05) is 72.4 Å². The van der Waals surface area contributed by atoms with Crippen LogP contribution in [0.3, 0.4) is 0 Å². The number of fused-ring (bicyclic) bond motifs is 2. The summed E-state index contributed by atoms with van der Waals surface area (Å²) < 4.78 is 19.1. The molecule has 7 heteroatoms. The van der Waals surface area contributed by atoms with Gasteiger partial charge in [-0.3, -0.25) is 4.90 Å². The number of anilines is 1. The summed E-state index contributed by atoms with van der Waals surface area (Å²) >= 11 is 0. The van der Waals surface area contributed by atoms with Crippen molar-refractivity contribution in [3.8, 4) is 11.1 Å². The lowest BCUT2D eigenvalue weighted by atomic mass is 9.86. The molecule has 3 aromatic rings. The molecular formula is C30H33FN4O2. The van der Waals surface area contributed by atoms with Gasteiger partial charge in [0.05, 0.1) is 7.11 Å². The van der Waals surface area contributed by atoms with E-state index < -0.39 is 0 Å². The van der Waals surface area contributed by atoms with E-state index in [0.717, 1.165) is 90.9 Å². The third-order valence-corrected chi connectivity index (χ3v) is 8.51. The molecule has 192 valence electrons. The number of nitrogens with one attached hydrogen (secondary N) is 1. The molecule has 1 saturated carbocycles. The number of ether oxygens (including phenoxy) is 1. The van der Waals surface area contributed by atoms with Gasteiger partial charge in [0.2, 0.25) is 0 Å². The highest BCUT2D eigenvalue weighted by atomic mass is 19.1. The number of hydrogen-bond acceptors (Lipinski definition) is 5. The molecule has 0 saturated heterocycles. The molecule has 6 rings (SSSR count). The SMILES string of the molecule is COC(=O)C(C)=C1CCC(N2CC=C(c3[nH]c4nccc5c4c3CN(C)c3ccc(F)cc3-5)CC2)CC1. The van der Waals surface area contributed by atoms with Crippen LogP contribution in [0.25, 0.3) is 27.7 Å². The summed E-state index contributed by atoms with van der Waals surface area (Å²) in [4.78, 5) is 25.0. The summed E-state index contributed by atoms with van der Waals surface area (Å²) in [5.74, 6) is -0.425. The van der Waals surface area contributed by atoms with Crippen molar-refractivity contribution >= 4 is 28.3 Å². The minimum atomic E-state index is -0.225. The Morgan fingerprint density at radius 1 is 1.16 bits per heavy atom. The van der Waals surface area contributed by atoms with Crippen molar-refractivity contribution < 1.29 is 13.9 Å². The van der Waals surface area contributed by atoms with Crippen molar-refractivity contribution in [2.45, 2.75) is 51.6 Å². The summed E-state index contributed by atoms with van der Waals surface area (Å²) in [6.45, 7) is 4.57. The Hall–Kier alpha value is -3.45. The fourth-order valence-electron chi connectivity index (χ4n) is 6.45. The topological polar surface area (TPSA) is 61.5 Å². The molecule has 0 spiro atoms. The second-order valence-corrected chi connectivity index (χ2v) is 10.5. The first-order valence-corrected chi connectivity index (χ1v) is 13.2. The largest absolute Gasteiger partial charge is 0.466 e.